The summed E-state index contributed by atoms with van der Waals surface area (Å²) in [6.45, 7) is 8.54. The predicted octanol–water partition coefficient (Wildman–Crippen LogP) is 9.25. The summed E-state index contributed by atoms with van der Waals surface area (Å²) in [5.74, 6) is 0. The second kappa shape index (κ2) is 13.2. The number of fused-ring (bicyclic) bond motifs is 6. The third-order valence-electron chi connectivity index (χ3n) is 10.8. The molecule has 8 bridgehead atoms. The lowest BCUT2D eigenvalue weighted by molar-refractivity contribution is 0.854. The van der Waals surface area contributed by atoms with E-state index >= 15 is 0 Å². The van der Waals surface area contributed by atoms with Gasteiger partial charge in [0.15, 0.2) is 0 Å². The molecule has 9 rings (SSSR count). The van der Waals surface area contributed by atoms with E-state index in [0.717, 1.165) is 78.2 Å². The van der Waals surface area contributed by atoms with Crippen LogP contribution in [0.4, 0.5) is 0 Å². The Bertz CT molecular complexity index is 2800. The molecule has 0 fully saturated rings. The molecule has 5 heterocycles. The predicted molar refractivity (Wildman–Crippen MR) is 225 cm³/mol. The Labute approximate surface area is 317 Å². The highest BCUT2D eigenvalue weighted by Crippen LogP contribution is 2.37. The molecule has 2 aromatic heterocycles. The van der Waals surface area contributed by atoms with Crippen LogP contribution in [0.1, 0.15) is 55.8 Å². The molecule has 0 spiro atoms. The Morgan fingerprint density at radius 3 is 1.28 bits per heavy atom. The highest BCUT2D eigenvalue weighted by atomic mass is 15.0. The maximum Gasteiger partial charge on any atom is 0.0738 e. The van der Waals surface area contributed by atoms with E-state index in [1.165, 1.54) is 33.4 Å². The Kier molecular flexibility index (Phi) is 8.12. The van der Waals surface area contributed by atoms with E-state index in [4.69, 9.17) is 9.98 Å². The number of hydrogen-bond donors (Lipinski definition) is 0. The molecule has 0 amide bonds. The highest BCUT2D eigenvalue weighted by Gasteiger charge is 2.25. The molecular formula is C50H42N4. The van der Waals surface area contributed by atoms with Gasteiger partial charge in [-0.25, -0.2) is 9.98 Å². The van der Waals surface area contributed by atoms with E-state index in [1.807, 2.05) is 0 Å². The molecule has 0 saturated heterocycles. The van der Waals surface area contributed by atoms with Crippen molar-refractivity contribution in [3.8, 4) is 0 Å². The van der Waals surface area contributed by atoms with Gasteiger partial charge < -0.3 is 9.13 Å². The van der Waals surface area contributed by atoms with E-state index < -0.39 is 0 Å². The highest BCUT2D eigenvalue weighted by molar-refractivity contribution is 6.35. The molecule has 6 aromatic rings. The summed E-state index contributed by atoms with van der Waals surface area (Å²) >= 11 is 0. The largest absolute Gasteiger partial charge is 0.350 e. The van der Waals surface area contributed by atoms with Crippen LogP contribution >= 0.6 is 0 Å². The number of aromatic nitrogens is 2. The number of hydrogen-bond acceptors (Lipinski definition) is 2. The van der Waals surface area contributed by atoms with Crippen LogP contribution in [0.25, 0.3) is 22.3 Å². The smallest absolute Gasteiger partial charge is 0.0738 e. The van der Waals surface area contributed by atoms with Crippen molar-refractivity contribution in [1.29, 1.82) is 0 Å². The van der Waals surface area contributed by atoms with Crippen molar-refractivity contribution in [1.82, 2.24) is 9.13 Å². The van der Waals surface area contributed by atoms with Gasteiger partial charge in [-0.15, -0.1) is 0 Å². The second-order valence-corrected chi connectivity index (χ2v) is 14.8. The Morgan fingerprint density at radius 1 is 0.389 bits per heavy atom. The first-order chi connectivity index (χ1) is 26.2. The van der Waals surface area contributed by atoms with Crippen molar-refractivity contribution in [3.05, 3.63) is 224 Å². The summed E-state index contributed by atoms with van der Waals surface area (Å²) in [6.07, 6.45) is 10.9. The molecular weight excluding hydrogens is 657 g/mol. The number of nitrogens with zero attached hydrogens (tertiary/aromatic N) is 4. The van der Waals surface area contributed by atoms with Gasteiger partial charge in [0.1, 0.15) is 0 Å². The Morgan fingerprint density at radius 2 is 0.778 bits per heavy atom. The lowest BCUT2D eigenvalue weighted by Crippen LogP contribution is -2.29. The molecule has 4 heteroatoms. The van der Waals surface area contributed by atoms with Crippen molar-refractivity contribution in [2.24, 2.45) is 24.1 Å². The number of rotatable bonds is 4. The van der Waals surface area contributed by atoms with Crippen LogP contribution in [-0.2, 0) is 14.1 Å². The molecule has 4 nitrogen and oxygen atoms in total. The zero-order valence-electron chi connectivity index (χ0n) is 31.6. The average molecular weight is 699 g/mol. The molecule has 0 N–H and O–H groups in total. The normalized spacial score (nSPS) is 15.1. The molecule has 0 atom stereocenters. The quantitative estimate of drug-likeness (QED) is 0.176. The monoisotopic (exact) mass is 698 g/mol. The molecule has 0 saturated carbocycles. The molecule has 4 aromatic carbocycles. The van der Waals surface area contributed by atoms with E-state index in [9.17, 15) is 0 Å². The molecule has 3 aliphatic rings. The average Bonchev–Trinajstić information content (AvgIpc) is 3.99. The summed E-state index contributed by atoms with van der Waals surface area (Å²) in [4.78, 5) is 10.9. The molecule has 54 heavy (non-hydrogen) atoms. The topological polar surface area (TPSA) is 34.6 Å². The maximum absolute atomic E-state index is 5.46. The second-order valence-electron chi connectivity index (χ2n) is 14.8. The van der Waals surface area contributed by atoms with E-state index in [2.05, 4.69) is 197 Å². The van der Waals surface area contributed by atoms with Gasteiger partial charge in [-0.2, -0.15) is 0 Å². The van der Waals surface area contributed by atoms with Gasteiger partial charge in [0, 0.05) is 53.5 Å². The summed E-state index contributed by atoms with van der Waals surface area (Å²) in [5.41, 5.74) is 19.7. The summed E-state index contributed by atoms with van der Waals surface area (Å²) in [7, 11) is 4.34. The van der Waals surface area contributed by atoms with E-state index in [0.29, 0.717) is 0 Å². The fraction of sp³-hybridized carbons (Fsp3) is 0.120. The summed E-state index contributed by atoms with van der Waals surface area (Å²) < 4.78 is 4.60. The lowest BCUT2D eigenvalue weighted by atomic mass is 9.96. The molecule has 3 aliphatic heterocycles. The Hall–Kier alpha value is -6.52. The minimum atomic E-state index is 0.898. The van der Waals surface area contributed by atoms with Crippen LogP contribution in [0, 0.1) is 27.7 Å². The van der Waals surface area contributed by atoms with Gasteiger partial charge in [0.2, 0.25) is 0 Å². The number of benzene rings is 4. The minimum absolute atomic E-state index is 0.898. The minimum Gasteiger partial charge on any atom is -0.350 e. The van der Waals surface area contributed by atoms with Crippen LogP contribution in [0.15, 0.2) is 167 Å². The molecule has 0 unspecified atom stereocenters. The molecule has 262 valence electrons. The standard InChI is InChI=1S/C50H42N4/c1-31-7-15-35(16-8-31)47-39-29-46(53(5)30-39)50(38-21-13-34(4)14-22-38)43-26-24-41(52-43)48(36-17-9-32(2)10-18-36)40-23-25-42(51-40)49(37-19-11-33(3)12-20-37)45-28-27-44(47)54(45)6/h7-30H,1-6H3. The van der Waals surface area contributed by atoms with Crippen LogP contribution in [-0.4, -0.2) is 20.6 Å². The van der Waals surface area contributed by atoms with E-state index in [-0.39, 0.29) is 0 Å². The molecule has 0 radical (unpaired) electrons. The van der Waals surface area contributed by atoms with Gasteiger partial charge in [-0.3, -0.25) is 0 Å². The summed E-state index contributed by atoms with van der Waals surface area (Å²) in [5, 5.41) is 2.23. The van der Waals surface area contributed by atoms with Crippen molar-refractivity contribution in [3.63, 3.8) is 0 Å². The van der Waals surface area contributed by atoms with Crippen LogP contribution in [0.2, 0.25) is 0 Å². The third kappa shape index (κ3) is 5.81. The van der Waals surface area contributed by atoms with Gasteiger partial charge in [-0.1, -0.05) is 119 Å². The van der Waals surface area contributed by atoms with Crippen LogP contribution in [0.5, 0.6) is 0 Å². The van der Waals surface area contributed by atoms with Crippen molar-refractivity contribution in [2.45, 2.75) is 27.7 Å². The first-order valence-electron chi connectivity index (χ1n) is 18.6. The lowest BCUT2D eigenvalue weighted by Gasteiger charge is -2.13. The third-order valence-corrected chi connectivity index (χ3v) is 10.8. The first-order valence-corrected chi connectivity index (χ1v) is 18.6. The van der Waals surface area contributed by atoms with Gasteiger partial charge in [0.05, 0.1) is 33.9 Å². The first kappa shape index (κ1) is 33.3. The summed E-state index contributed by atoms with van der Waals surface area (Å²) in [6, 6.07) is 42.1. The zero-order chi connectivity index (χ0) is 37.1. The zero-order valence-corrected chi connectivity index (χ0v) is 31.6. The number of allylic oxidation sites excluding steroid dienone is 5. The van der Waals surface area contributed by atoms with Crippen LogP contribution in [0.3, 0.4) is 0 Å². The van der Waals surface area contributed by atoms with Gasteiger partial charge in [-0.05, 0) is 92.5 Å². The van der Waals surface area contributed by atoms with Crippen molar-refractivity contribution in [2.75, 3.05) is 0 Å². The number of aryl methyl sites for hydroxylation is 5. The van der Waals surface area contributed by atoms with Crippen molar-refractivity contribution >= 4 is 33.7 Å². The van der Waals surface area contributed by atoms with E-state index in [1.54, 1.807) is 0 Å². The molecule has 0 aliphatic carbocycles. The van der Waals surface area contributed by atoms with Gasteiger partial charge in [0.25, 0.3) is 0 Å². The Balaban J connectivity index is 1.45. The van der Waals surface area contributed by atoms with Gasteiger partial charge >= 0.3 is 0 Å². The SMILES string of the molecule is Cc1ccc(C2=C3C=CC(=N3)C(c3ccc(C)cc3)=c3ccc(n3C)=C(c3ccc(C)cc3)c3cc(n(C)c3)C(c3ccc(C)cc3)=C3C=CC2=N3)cc1. The number of aliphatic imine (C=N–C) groups is 2. The van der Waals surface area contributed by atoms with Crippen molar-refractivity contribution < 1.29 is 0 Å². The van der Waals surface area contributed by atoms with Crippen LogP contribution < -0.4 is 10.7 Å². The maximum atomic E-state index is 5.46. The fourth-order valence-corrected chi connectivity index (χ4v) is 7.87. The fourth-order valence-electron chi connectivity index (χ4n) is 7.87.